The first-order valence-corrected chi connectivity index (χ1v) is 14.7. The third-order valence-electron chi connectivity index (χ3n) is 4.81. The maximum absolute atomic E-state index is 12.5. The molecule has 38 heavy (non-hydrogen) atoms. The van der Waals surface area contributed by atoms with Gasteiger partial charge >= 0.3 is 0 Å². The van der Waals surface area contributed by atoms with Gasteiger partial charge in [-0.15, -0.1) is 0 Å². The van der Waals surface area contributed by atoms with E-state index in [0.29, 0.717) is 22.1 Å². The largest absolute Gasteiger partial charge is 0.360 e. The van der Waals surface area contributed by atoms with Crippen molar-refractivity contribution >= 4 is 77.0 Å². The molecule has 3 aromatic heterocycles. The van der Waals surface area contributed by atoms with Gasteiger partial charge < -0.3 is 4.52 Å². The van der Waals surface area contributed by atoms with Gasteiger partial charge in [0.25, 0.3) is 10.0 Å². The number of anilines is 2. The molecule has 2 aromatic carbocycles. The number of para-hydroxylation sites is 4. The summed E-state index contributed by atoms with van der Waals surface area (Å²) < 4.78 is 56.4. The number of fused-ring (bicyclic) bond motifs is 2. The molecule has 0 aliphatic heterocycles. The van der Waals surface area contributed by atoms with Crippen LogP contribution < -0.4 is 9.44 Å². The number of sulfonamides is 2. The normalized spacial score (nSPS) is 11.7. The van der Waals surface area contributed by atoms with Crippen LogP contribution in [0, 0.1) is 13.8 Å². The summed E-state index contributed by atoms with van der Waals surface area (Å²) in [5.41, 5.74) is 2.57. The number of aryl methyl sites for hydroxylation is 2. The van der Waals surface area contributed by atoms with Crippen molar-refractivity contribution < 1.29 is 21.4 Å². The van der Waals surface area contributed by atoms with Gasteiger partial charge in [-0.05, 0) is 38.1 Å². The van der Waals surface area contributed by atoms with Crippen LogP contribution in [0.25, 0.3) is 22.1 Å². The maximum Gasteiger partial charge on any atom is 0.268 e. The molecule has 0 spiro atoms. The van der Waals surface area contributed by atoms with Crippen LogP contribution in [0.4, 0.5) is 11.6 Å². The fourth-order valence-corrected chi connectivity index (χ4v) is 5.61. The van der Waals surface area contributed by atoms with E-state index in [2.05, 4.69) is 34.5 Å². The lowest BCUT2D eigenvalue weighted by Gasteiger charge is -2.08. The lowest BCUT2D eigenvalue weighted by atomic mass is 10.3. The van der Waals surface area contributed by atoms with Crippen LogP contribution in [0.2, 0.25) is 10.3 Å². The topological polar surface area (TPSA) is 170 Å². The van der Waals surface area contributed by atoms with Gasteiger partial charge in [0.1, 0.15) is 5.69 Å². The molecule has 0 radical (unpaired) electrons. The summed E-state index contributed by atoms with van der Waals surface area (Å²) in [5.74, 6) is 0.193. The highest BCUT2D eigenvalue weighted by molar-refractivity contribution is 7.93. The molecule has 0 fully saturated rings. The highest BCUT2D eigenvalue weighted by Crippen LogP contribution is 2.26. The summed E-state index contributed by atoms with van der Waals surface area (Å²) in [6, 6.07) is 14.1. The molecule has 5 rings (SSSR count). The minimum atomic E-state index is -3.92. The first kappa shape index (κ1) is 27.4. The molecule has 0 amide bonds. The number of benzene rings is 2. The van der Waals surface area contributed by atoms with Gasteiger partial charge in [0, 0.05) is 0 Å². The van der Waals surface area contributed by atoms with E-state index in [9.17, 15) is 16.8 Å². The fourth-order valence-electron chi connectivity index (χ4n) is 3.30. The zero-order valence-electron chi connectivity index (χ0n) is 20.0. The van der Waals surface area contributed by atoms with Crippen LogP contribution >= 0.6 is 23.2 Å². The van der Waals surface area contributed by atoms with E-state index in [1.807, 2.05) is 0 Å². The molecule has 0 aliphatic carbocycles. The zero-order valence-corrected chi connectivity index (χ0v) is 23.1. The summed E-state index contributed by atoms with van der Waals surface area (Å²) in [7, 11) is -7.32. The molecule has 198 valence electrons. The Kier molecular flexibility index (Phi) is 7.69. The Morgan fingerprint density at radius 2 is 1.13 bits per heavy atom. The van der Waals surface area contributed by atoms with Crippen LogP contribution in [0.5, 0.6) is 0 Å². The van der Waals surface area contributed by atoms with Crippen molar-refractivity contribution in [2.45, 2.75) is 18.7 Å². The van der Waals surface area contributed by atoms with Crippen molar-refractivity contribution in [3.05, 3.63) is 70.3 Å². The molecule has 12 nitrogen and oxygen atoms in total. The Morgan fingerprint density at radius 1 is 0.711 bits per heavy atom. The van der Waals surface area contributed by atoms with Crippen molar-refractivity contribution in [2.24, 2.45) is 0 Å². The molecule has 3 heterocycles. The second-order valence-corrected chi connectivity index (χ2v) is 11.9. The van der Waals surface area contributed by atoms with Gasteiger partial charge in [0.15, 0.2) is 32.6 Å². The van der Waals surface area contributed by atoms with Crippen molar-refractivity contribution in [2.75, 3.05) is 15.7 Å². The van der Waals surface area contributed by atoms with Gasteiger partial charge in [-0.3, -0.25) is 9.44 Å². The molecule has 2 N–H and O–H groups in total. The summed E-state index contributed by atoms with van der Waals surface area (Å²) in [4.78, 5) is 16.4. The Labute approximate surface area is 227 Å². The van der Waals surface area contributed by atoms with Crippen LogP contribution in [-0.4, -0.2) is 48.2 Å². The second-order valence-electron chi connectivity index (χ2n) is 7.84. The van der Waals surface area contributed by atoms with E-state index >= 15 is 0 Å². The molecule has 5 aromatic rings. The minimum absolute atomic E-state index is 0.0291. The Hall–Kier alpha value is -3.59. The Bertz CT molecular complexity index is 1860. The monoisotopic (exact) mass is 595 g/mol. The minimum Gasteiger partial charge on any atom is -0.360 e. The summed E-state index contributed by atoms with van der Waals surface area (Å²) in [6.45, 7) is 3.06. The van der Waals surface area contributed by atoms with E-state index < -0.39 is 20.0 Å². The molecule has 0 saturated carbocycles. The molecule has 0 bridgehead atoms. The summed E-state index contributed by atoms with van der Waals surface area (Å²) in [6.07, 6.45) is 1.03. The highest BCUT2D eigenvalue weighted by Gasteiger charge is 2.26. The average molecular weight is 596 g/mol. The van der Waals surface area contributed by atoms with Crippen molar-refractivity contribution in [1.29, 1.82) is 0 Å². The van der Waals surface area contributed by atoms with Gasteiger partial charge in [0.05, 0.1) is 28.3 Å². The van der Waals surface area contributed by atoms with E-state index in [4.69, 9.17) is 27.7 Å². The number of nitrogens with zero attached hydrogens (tertiary/aromatic N) is 5. The second kappa shape index (κ2) is 10.6. The number of rotatable bonds is 5. The predicted octanol–water partition coefficient (Wildman–Crippen LogP) is 4.34. The molecule has 0 saturated heterocycles. The SMILES string of the molecule is CS(=O)(=O)Nc1nc2ccccc2nc1Cl.Cc1noc(C)c1S(=O)(=O)Nc1nc2ccccc2nc1Cl. The van der Waals surface area contributed by atoms with Gasteiger partial charge in [-0.25, -0.2) is 36.8 Å². The van der Waals surface area contributed by atoms with E-state index in [0.717, 1.165) is 6.26 Å². The quantitative estimate of drug-likeness (QED) is 0.297. The maximum atomic E-state index is 12.5. The van der Waals surface area contributed by atoms with Crippen molar-refractivity contribution in [3.63, 3.8) is 0 Å². The van der Waals surface area contributed by atoms with Crippen molar-refractivity contribution in [3.8, 4) is 0 Å². The van der Waals surface area contributed by atoms with Crippen molar-refractivity contribution in [1.82, 2.24) is 25.1 Å². The standard InChI is InChI=1S/C13H11ClN4O3S.C9H8ClN3O2S/c1-7-11(8(2)21-17-7)22(19,20)18-13-12(14)15-9-5-3-4-6-10(9)16-13;1-16(14,15)13-9-8(10)11-6-4-2-3-5-7(6)12-9/h3-6H,1-2H3,(H,16,18);2-5H,1H3,(H,12,13). The molecule has 0 aliphatic rings. The number of hydrogen-bond acceptors (Lipinski definition) is 10. The lowest BCUT2D eigenvalue weighted by Crippen LogP contribution is -2.16. The van der Waals surface area contributed by atoms with Crippen LogP contribution in [-0.2, 0) is 20.0 Å². The average Bonchev–Trinajstić information content (AvgIpc) is 3.18. The predicted molar refractivity (Wildman–Crippen MR) is 144 cm³/mol. The number of hydrogen-bond donors (Lipinski definition) is 2. The Balaban J connectivity index is 0.000000186. The third-order valence-corrected chi connectivity index (χ3v) is 7.48. The zero-order chi connectivity index (χ0) is 27.7. The van der Waals surface area contributed by atoms with Gasteiger partial charge in [0.2, 0.25) is 10.0 Å². The molecule has 16 heteroatoms. The van der Waals surface area contributed by atoms with Crippen LogP contribution in [0.15, 0.2) is 57.9 Å². The molecular weight excluding hydrogens is 577 g/mol. The van der Waals surface area contributed by atoms with Gasteiger partial charge in [-0.2, -0.15) is 0 Å². The number of aromatic nitrogens is 5. The van der Waals surface area contributed by atoms with E-state index in [1.54, 1.807) is 55.5 Å². The summed E-state index contributed by atoms with van der Waals surface area (Å²) >= 11 is 11.8. The Morgan fingerprint density at radius 3 is 1.53 bits per heavy atom. The fraction of sp³-hybridized carbons (Fsp3) is 0.136. The van der Waals surface area contributed by atoms with E-state index in [1.165, 1.54) is 6.92 Å². The highest BCUT2D eigenvalue weighted by atomic mass is 35.5. The molecule has 0 unspecified atom stereocenters. The number of nitrogens with one attached hydrogen (secondary N) is 2. The number of halogens is 2. The molecular formula is C22H19Cl2N7O5S2. The van der Waals surface area contributed by atoms with E-state index in [-0.39, 0.29) is 38.3 Å². The first-order chi connectivity index (χ1) is 17.8. The summed E-state index contributed by atoms with van der Waals surface area (Å²) in [5, 5.41) is 3.63. The lowest BCUT2D eigenvalue weighted by molar-refractivity contribution is 0.390. The third kappa shape index (κ3) is 6.27. The molecule has 0 atom stereocenters. The van der Waals surface area contributed by atoms with Crippen LogP contribution in [0.3, 0.4) is 0 Å². The van der Waals surface area contributed by atoms with Gasteiger partial charge in [-0.1, -0.05) is 52.6 Å². The smallest absolute Gasteiger partial charge is 0.268 e. The first-order valence-electron chi connectivity index (χ1n) is 10.6. The van der Waals surface area contributed by atoms with Crippen LogP contribution in [0.1, 0.15) is 11.5 Å².